The molecule has 2 aromatic carbocycles. The molecule has 0 saturated heterocycles. The van der Waals surface area contributed by atoms with E-state index in [4.69, 9.17) is 9.47 Å². The molecule has 1 heterocycles. The van der Waals surface area contributed by atoms with Crippen LogP contribution in [0.1, 0.15) is 54.5 Å². The van der Waals surface area contributed by atoms with Crippen molar-refractivity contribution in [2.45, 2.75) is 57.2 Å². The Morgan fingerprint density at radius 3 is 2.02 bits per heavy atom. The van der Waals surface area contributed by atoms with Crippen molar-refractivity contribution in [1.82, 2.24) is 4.90 Å². The van der Waals surface area contributed by atoms with Crippen LogP contribution in [0.25, 0.3) is 0 Å². The summed E-state index contributed by atoms with van der Waals surface area (Å²) in [5, 5.41) is 0. The second kappa shape index (κ2) is 10.8. The van der Waals surface area contributed by atoms with E-state index in [1.165, 1.54) is 0 Å². The Kier molecular flexibility index (Phi) is 7.92. The molecule has 1 aliphatic carbocycles. The standard InChI is InChI=1S/C26H24F8N2O4/c1-3-40-24(38)36-20(14-4-5-14)11-21(17-9-18(27)19(28)10-22(17)36)35(23(37)39-2)12-13-6-15(25(29,30)31)8-16(7-13)26(32,33)34/h6-10,14,20-21H,3-5,11-12H2,1-2H3. The summed E-state index contributed by atoms with van der Waals surface area (Å²) < 4.78 is 120. The van der Waals surface area contributed by atoms with Gasteiger partial charge in [0.15, 0.2) is 11.6 Å². The second-order valence-electron chi connectivity index (χ2n) is 9.56. The van der Waals surface area contributed by atoms with E-state index in [2.05, 4.69) is 0 Å². The Morgan fingerprint density at radius 1 is 0.950 bits per heavy atom. The van der Waals surface area contributed by atoms with E-state index >= 15 is 0 Å². The van der Waals surface area contributed by atoms with Crippen molar-refractivity contribution >= 4 is 17.9 Å². The van der Waals surface area contributed by atoms with E-state index < -0.39 is 71.5 Å². The van der Waals surface area contributed by atoms with E-state index in [9.17, 15) is 44.7 Å². The van der Waals surface area contributed by atoms with Crippen LogP contribution >= 0.6 is 0 Å². The van der Waals surface area contributed by atoms with Crippen molar-refractivity contribution < 1.29 is 54.2 Å². The van der Waals surface area contributed by atoms with Gasteiger partial charge in [0.05, 0.1) is 36.6 Å². The van der Waals surface area contributed by atoms with E-state index in [1.807, 2.05) is 0 Å². The smallest absolute Gasteiger partial charge is 0.416 e. The van der Waals surface area contributed by atoms with Gasteiger partial charge in [0.25, 0.3) is 0 Å². The predicted molar refractivity (Wildman–Crippen MR) is 124 cm³/mol. The van der Waals surface area contributed by atoms with Gasteiger partial charge in [-0.3, -0.25) is 9.80 Å². The van der Waals surface area contributed by atoms with Crippen LogP contribution in [-0.4, -0.2) is 36.8 Å². The third-order valence-corrected chi connectivity index (χ3v) is 6.90. The van der Waals surface area contributed by atoms with Crippen molar-refractivity contribution in [3.8, 4) is 0 Å². The lowest BCUT2D eigenvalue weighted by molar-refractivity contribution is -0.143. The number of ether oxygens (including phenoxy) is 2. The van der Waals surface area contributed by atoms with Crippen LogP contribution in [0.4, 0.5) is 50.4 Å². The molecule has 0 spiro atoms. The number of alkyl halides is 6. The highest BCUT2D eigenvalue weighted by molar-refractivity contribution is 5.90. The molecule has 1 fully saturated rings. The van der Waals surface area contributed by atoms with Crippen LogP contribution in [0.3, 0.4) is 0 Å². The Labute approximate surface area is 223 Å². The van der Waals surface area contributed by atoms with E-state index in [-0.39, 0.29) is 36.3 Å². The Balaban J connectivity index is 1.85. The lowest BCUT2D eigenvalue weighted by Gasteiger charge is -2.44. The largest absolute Gasteiger partial charge is 0.453 e. The van der Waals surface area contributed by atoms with Gasteiger partial charge in [-0.15, -0.1) is 0 Å². The molecule has 1 saturated carbocycles. The molecule has 4 rings (SSSR count). The number of halogens is 8. The maximum atomic E-state index is 14.5. The lowest BCUT2D eigenvalue weighted by atomic mass is 9.87. The minimum absolute atomic E-state index is 0.0273. The first kappa shape index (κ1) is 29.4. The van der Waals surface area contributed by atoms with Gasteiger partial charge in [-0.2, -0.15) is 26.3 Å². The van der Waals surface area contributed by atoms with Gasteiger partial charge in [-0.1, -0.05) is 0 Å². The number of hydrogen-bond acceptors (Lipinski definition) is 4. The summed E-state index contributed by atoms with van der Waals surface area (Å²) in [7, 11) is 0.959. The Bertz CT molecular complexity index is 1260. The van der Waals surface area contributed by atoms with Crippen LogP contribution < -0.4 is 4.90 Å². The van der Waals surface area contributed by atoms with Gasteiger partial charge < -0.3 is 9.47 Å². The summed E-state index contributed by atoms with van der Waals surface area (Å²) >= 11 is 0. The van der Waals surface area contributed by atoms with Gasteiger partial charge in [0, 0.05) is 24.2 Å². The minimum atomic E-state index is -5.12. The average Bonchev–Trinajstić information content (AvgIpc) is 3.71. The van der Waals surface area contributed by atoms with Crippen LogP contribution in [0.5, 0.6) is 0 Å². The quantitative estimate of drug-likeness (QED) is 0.345. The van der Waals surface area contributed by atoms with Gasteiger partial charge in [0.2, 0.25) is 0 Å². The Hall–Kier alpha value is -3.58. The van der Waals surface area contributed by atoms with Crippen molar-refractivity contribution in [3.63, 3.8) is 0 Å². The maximum absolute atomic E-state index is 14.5. The van der Waals surface area contributed by atoms with Crippen molar-refractivity contribution in [1.29, 1.82) is 0 Å². The normalized spacial score (nSPS) is 19.2. The van der Waals surface area contributed by atoms with E-state index in [0.717, 1.165) is 29.0 Å². The molecule has 0 N–H and O–H groups in total. The monoisotopic (exact) mass is 580 g/mol. The summed E-state index contributed by atoms with van der Waals surface area (Å²) in [5.74, 6) is -2.75. The molecule has 0 aromatic heterocycles. The lowest BCUT2D eigenvalue weighted by Crippen LogP contribution is -2.50. The highest BCUT2D eigenvalue weighted by Gasteiger charge is 2.47. The zero-order chi connectivity index (χ0) is 29.6. The van der Waals surface area contributed by atoms with E-state index in [1.54, 1.807) is 6.92 Å². The van der Waals surface area contributed by atoms with Crippen molar-refractivity contribution in [2.24, 2.45) is 5.92 Å². The molecule has 14 heteroatoms. The number of fused-ring (bicyclic) bond motifs is 1. The fourth-order valence-electron chi connectivity index (χ4n) is 5.00. The summed E-state index contributed by atoms with van der Waals surface area (Å²) in [6, 6.07) is 0.532. The molecular weight excluding hydrogens is 556 g/mol. The zero-order valence-corrected chi connectivity index (χ0v) is 21.2. The molecule has 2 aliphatic rings. The van der Waals surface area contributed by atoms with Gasteiger partial charge in [-0.05, 0) is 61.9 Å². The molecule has 0 bridgehead atoms. The summed E-state index contributed by atoms with van der Waals surface area (Å²) in [6.45, 7) is 0.728. The van der Waals surface area contributed by atoms with Gasteiger partial charge >= 0.3 is 24.5 Å². The minimum Gasteiger partial charge on any atom is -0.453 e. The highest BCUT2D eigenvalue weighted by atomic mass is 19.4. The molecule has 1 aliphatic heterocycles. The molecule has 6 nitrogen and oxygen atoms in total. The number of benzene rings is 2. The number of carbonyl (C=O) groups excluding carboxylic acids is 2. The second-order valence-corrected chi connectivity index (χ2v) is 9.56. The van der Waals surface area contributed by atoms with Crippen molar-refractivity contribution in [2.75, 3.05) is 18.6 Å². The molecule has 2 aromatic rings. The van der Waals surface area contributed by atoms with Gasteiger partial charge in [-0.25, -0.2) is 18.4 Å². The predicted octanol–water partition coefficient (Wildman–Crippen LogP) is 7.46. The Morgan fingerprint density at radius 2 is 1.52 bits per heavy atom. The number of amides is 2. The van der Waals surface area contributed by atoms with Crippen LogP contribution in [-0.2, 0) is 28.4 Å². The van der Waals surface area contributed by atoms with E-state index in [0.29, 0.717) is 25.0 Å². The number of nitrogens with zero attached hydrogens (tertiary/aromatic N) is 2. The molecular formula is C26H24F8N2O4. The van der Waals surface area contributed by atoms with Crippen LogP contribution in [0.15, 0.2) is 30.3 Å². The first-order valence-corrected chi connectivity index (χ1v) is 12.2. The van der Waals surface area contributed by atoms with Crippen molar-refractivity contribution in [3.05, 3.63) is 64.2 Å². The number of rotatable bonds is 5. The molecule has 40 heavy (non-hydrogen) atoms. The third-order valence-electron chi connectivity index (χ3n) is 6.90. The van der Waals surface area contributed by atoms with Gasteiger partial charge in [0.1, 0.15) is 0 Å². The maximum Gasteiger partial charge on any atom is 0.416 e. The number of anilines is 1. The molecule has 0 radical (unpaired) electrons. The van der Waals surface area contributed by atoms with Crippen LogP contribution in [0, 0.1) is 17.6 Å². The number of hydrogen-bond donors (Lipinski definition) is 0. The average molecular weight is 580 g/mol. The zero-order valence-electron chi connectivity index (χ0n) is 21.2. The number of methoxy groups -OCH3 is 1. The SMILES string of the molecule is CCOC(=O)N1c2cc(F)c(F)cc2C(N(Cc2cc(C(F)(F)F)cc(C(F)(F)F)c2)C(=O)OC)CC1C1CC1. The summed E-state index contributed by atoms with van der Waals surface area (Å²) in [4.78, 5) is 27.8. The molecule has 2 atom stereocenters. The highest BCUT2D eigenvalue weighted by Crippen LogP contribution is 2.49. The first-order chi connectivity index (χ1) is 18.6. The fraction of sp³-hybridized carbons (Fsp3) is 0.462. The first-order valence-electron chi connectivity index (χ1n) is 12.2. The number of carbonyl (C=O) groups is 2. The van der Waals surface area contributed by atoms with Crippen LogP contribution in [0.2, 0.25) is 0 Å². The summed E-state index contributed by atoms with van der Waals surface area (Å²) in [6.07, 6.45) is -11.0. The summed E-state index contributed by atoms with van der Waals surface area (Å²) in [5.41, 5.74) is -3.89. The topological polar surface area (TPSA) is 59.1 Å². The third kappa shape index (κ3) is 5.94. The molecule has 2 unspecified atom stereocenters. The molecule has 218 valence electrons. The fourth-order valence-corrected chi connectivity index (χ4v) is 5.00. The molecule has 2 amide bonds.